The number of quaternary nitrogens is 1. The van der Waals surface area contributed by atoms with Crippen molar-refractivity contribution in [3.8, 4) is 0 Å². The lowest BCUT2D eigenvalue weighted by atomic mass is 9.91. The molecule has 3 heteroatoms. The van der Waals surface area contributed by atoms with Gasteiger partial charge in [-0.2, -0.15) is 0 Å². The van der Waals surface area contributed by atoms with Gasteiger partial charge in [0.25, 0.3) is 0 Å². The summed E-state index contributed by atoms with van der Waals surface area (Å²) in [6, 6.07) is 0. The molecule has 1 fully saturated rings. The van der Waals surface area contributed by atoms with E-state index in [1.165, 1.54) is 24.0 Å². The van der Waals surface area contributed by atoms with Crippen LogP contribution in [0.25, 0.3) is 0 Å². The molecule has 12 heavy (non-hydrogen) atoms. The minimum absolute atomic E-state index is 0. The van der Waals surface area contributed by atoms with Crippen LogP contribution in [-0.2, 0) is 0 Å². The van der Waals surface area contributed by atoms with Crippen molar-refractivity contribution in [2.45, 2.75) is 20.3 Å². The zero-order valence-electron chi connectivity index (χ0n) is 8.67. The van der Waals surface area contributed by atoms with Crippen molar-refractivity contribution in [2.24, 2.45) is 11.8 Å². The zero-order valence-corrected chi connectivity index (χ0v) is 8.67. The number of rotatable bonds is 0. The van der Waals surface area contributed by atoms with Gasteiger partial charge in [-0.05, 0) is 6.42 Å². The topological polar surface area (TPSA) is 61.5 Å². The first-order chi connectivity index (χ1) is 4.49. The van der Waals surface area contributed by atoms with Crippen molar-refractivity contribution in [3.05, 3.63) is 0 Å². The van der Waals surface area contributed by atoms with Gasteiger partial charge in [0.2, 0.25) is 0 Å². The number of nitrogens with zero attached hydrogens (tertiary/aromatic N) is 1. The largest absolute Gasteiger partial charge is 0.870 e. The van der Waals surface area contributed by atoms with Crippen LogP contribution >= 0.6 is 0 Å². The third-order valence-corrected chi connectivity index (χ3v) is 2.42. The van der Waals surface area contributed by atoms with E-state index in [0.29, 0.717) is 0 Å². The Labute approximate surface area is 75.6 Å². The Kier molecular flexibility index (Phi) is 5.76. The molecule has 0 aliphatic carbocycles. The van der Waals surface area contributed by atoms with Gasteiger partial charge < -0.3 is 15.4 Å². The lowest BCUT2D eigenvalue weighted by Gasteiger charge is -2.40. The van der Waals surface area contributed by atoms with Gasteiger partial charge in [-0.15, -0.1) is 0 Å². The summed E-state index contributed by atoms with van der Waals surface area (Å²) in [4.78, 5) is 0. The van der Waals surface area contributed by atoms with Gasteiger partial charge in [-0.25, -0.2) is 0 Å². The summed E-state index contributed by atoms with van der Waals surface area (Å²) >= 11 is 0. The predicted octanol–water partition coefficient (Wildman–Crippen LogP) is 0.737. The van der Waals surface area contributed by atoms with Crippen LogP contribution in [0.1, 0.15) is 20.3 Å². The molecule has 2 unspecified atom stereocenters. The summed E-state index contributed by atoms with van der Waals surface area (Å²) < 4.78 is 1.22. The van der Waals surface area contributed by atoms with Crippen molar-refractivity contribution in [1.29, 1.82) is 0 Å². The molecule has 0 amide bonds. The third-order valence-electron chi connectivity index (χ3n) is 2.42. The Balaban J connectivity index is 0. The predicted molar refractivity (Wildman–Crippen MR) is 50.3 cm³/mol. The number of hydrogen-bond donors (Lipinski definition) is 0. The van der Waals surface area contributed by atoms with Crippen molar-refractivity contribution < 1.29 is 15.4 Å². The molecule has 0 bridgehead atoms. The summed E-state index contributed by atoms with van der Waals surface area (Å²) in [6.45, 7) is 7.47. The summed E-state index contributed by atoms with van der Waals surface area (Å²) in [6.07, 6.45) is 1.43. The van der Waals surface area contributed by atoms with Gasteiger partial charge >= 0.3 is 0 Å². The summed E-state index contributed by atoms with van der Waals surface area (Å²) in [5.74, 6) is 1.86. The molecule has 0 saturated carbocycles. The van der Waals surface area contributed by atoms with Gasteiger partial charge in [0, 0.05) is 11.8 Å². The van der Waals surface area contributed by atoms with Crippen molar-refractivity contribution >= 4 is 0 Å². The molecule has 0 aromatic rings. The van der Waals surface area contributed by atoms with Crippen LogP contribution in [0.5, 0.6) is 0 Å². The molecular formula is C9H23NO2. The van der Waals surface area contributed by atoms with Crippen LogP contribution in [0.15, 0.2) is 0 Å². The summed E-state index contributed by atoms with van der Waals surface area (Å²) in [7, 11) is 4.68. The molecule has 3 nitrogen and oxygen atoms in total. The molecule has 2 atom stereocenters. The quantitative estimate of drug-likeness (QED) is 0.503. The maximum atomic E-state index is 2.37. The molecule has 0 aromatic heterocycles. The monoisotopic (exact) mass is 177 g/mol. The van der Waals surface area contributed by atoms with Gasteiger partial charge in [0.05, 0.1) is 27.2 Å². The molecule has 1 heterocycles. The van der Waals surface area contributed by atoms with Crippen LogP contribution in [0.2, 0.25) is 0 Å². The SMILES string of the molecule is CC1CC(C)C[N+](C)(C)C1.O.[OH-]. The van der Waals surface area contributed by atoms with Crippen LogP contribution in [-0.4, -0.2) is 42.6 Å². The Morgan fingerprint density at radius 3 is 1.58 bits per heavy atom. The molecule has 0 radical (unpaired) electrons. The van der Waals surface area contributed by atoms with Crippen LogP contribution < -0.4 is 0 Å². The molecule has 76 valence electrons. The highest BCUT2D eigenvalue weighted by molar-refractivity contribution is 4.64. The lowest BCUT2D eigenvalue weighted by Crippen LogP contribution is -2.49. The van der Waals surface area contributed by atoms with E-state index >= 15 is 0 Å². The highest BCUT2D eigenvalue weighted by Gasteiger charge is 2.28. The van der Waals surface area contributed by atoms with E-state index in [1.807, 2.05) is 0 Å². The normalized spacial score (nSPS) is 33.0. The number of piperidine rings is 1. The molecular weight excluding hydrogens is 154 g/mol. The molecule has 1 saturated heterocycles. The highest BCUT2D eigenvalue weighted by atomic mass is 16.0. The Bertz CT molecular complexity index is 114. The molecule has 1 aliphatic heterocycles. The smallest absolute Gasteiger partial charge is 0.0808 e. The van der Waals surface area contributed by atoms with Crippen LogP contribution in [0, 0.1) is 11.8 Å². The average molecular weight is 177 g/mol. The van der Waals surface area contributed by atoms with E-state index in [0.717, 1.165) is 11.8 Å². The van der Waals surface area contributed by atoms with E-state index in [4.69, 9.17) is 0 Å². The maximum Gasteiger partial charge on any atom is 0.0808 e. The van der Waals surface area contributed by atoms with Crippen LogP contribution in [0.4, 0.5) is 0 Å². The molecule has 0 aromatic carbocycles. The Hall–Kier alpha value is -0.120. The molecule has 1 rings (SSSR count). The molecule has 1 aliphatic rings. The fourth-order valence-corrected chi connectivity index (χ4v) is 2.60. The molecule has 3 N–H and O–H groups in total. The second kappa shape index (κ2) is 4.80. The second-order valence-electron chi connectivity index (χ2n) is 4.75. The zero-order chi connectivity index (χ0) is 7.78. The Morgan fingerprint density at radius 1 is 1.00 bits per heavy atom. The standard InChI is InChI=1S/C9H20N.2H2O/c1-8-5-9(2)7-10(3,4)6-8;;/h8-9H,5-7H2,1-4H3;2*1H2/q+1;;/p-1. The summed E-state index contributed by atoms with van der Waals surface area (Å²) in [5.41, 5.74) is 0. The highest BCUT2D eigenvalue weighted by Crippen LogP contribution is 2.23. The van der Waals surface area contributed by atoms with Crippen molar-refractivity contribution in [1.82, 2.24) is 0 Å². The molecule has 0 spiro atoms. The van der Waals surface area contributed by atoms with Gasteiger partial charge in [-0.1, -0.05) is 13.8 Å². The second-order valence-corrected chi connectivity index (χ2v) is 4.75. The van der Waals surface area contributed by atoms with E-state index in [1.54, 1.807) is 0 Å². The van der Waals surface area contributed by atoms with Crippen molar-refractivity contribution in [2.75, 3.05) is 27.2 Å². The average Bonchev–Trinajstić information content (AvgIpc) is 1.54. The van der Waals surface area contributed by atoms with Gasteiger partial charge in [0.15, 0.2) is 0 Å². The van der Waals surface area contributed by atoms with E-state index < -0.39 is 0 Å². The van der Waals surface area contributed by atoms with E-state index in [-0.39, 0.29) is 11.0 Å². The first kappa shape index (κ1) is 14.4. The fourth-order valence-electron chi connectivity index (χ4n) is 2.60. The van der Waals surface area contributed by atoms with Gasteiger partial charge in [0.1, 0.15) is 0 Å². The first-order valence-corrected chi connectivity index (χ1v) is 4.31. The van der Waals surface area contributed by atoms with Crippen LogP contribution in [0.3, 0.4) is 0 Å². The van der Waals surface area contributed by atoms with E-state index in [9.17, 15) is 0 Å². The first-order valence-electron chi connectivity index (χ1n) is 4.31. The fraction of sp³-hybridized carbons (Fsp3) is 1.00. The van der Waals surface area contributed by atoms with Crippen molar-refractivity contribution in [3.63, 3.8) is 0 Å². The maximum absolute atomic E-state index is 2.37. The summed E-state index contributed by atoms with van der Waals surface area (Å²) in [5, 5.41) is 0. The third kappa shape index (κ3) is 4.04. The minimum atomic E-state index is 0. The number of likely N-dealkylation sites (tertiary alicyclic amines) is 1. The Morgan fingerprint density at radius 2 is 1.33 bits per heavy atom. The minimum Gasteiger partial charge on any atom is -0.870 e. The van der Waals surface area contributed by atoms with Gasteiger partial charge in [-0.3, -0.25) is 0 Å². The lowest BCUT2D eigenvalue weighted by molar-refractivity contribution is -0.902. The number of hydrogen-bond acceptors (Lipinski definition) is 1. The van der Waals surface area contributed by atoms with E-state index in [2.05, 4.69) is 27.9 Å².